The van der Waals surface area contributed by atoms with Gasteiger partial charge in [-0.3, -0.25) is 9.59 Å². The van der Waals surface area contributed by atoms with Crippen LogP contribution < -0.4 is 10.2 Å². The van der Waals surface area contributed by atoms with Gasteiger partial charge in [-0.05, 0) is 49.2 Å². The van der Waals surface area contributed by atoms with Gasteiger partial charge in [0.2, 0.25) is 5.91 Å². The van der Waals surface area contributed by atoms with Gasteiger partial charge in [-0.2, -0.15) is 0 Å². The normalized spacial score (nSPS) is 15.4. The first-order valence-electron chi connectivity index (χ1n) is 8.02. The number of hydrogen-bond donors (Lipinski definition) is 1. The first-order chi connectivity index (χ1) is 11.6. The minimum absolute atomic E-state index is 0.104. The van der Waals surface area contributed by atoms with Gasteiger partial charge in [0.1, 0.15) is 0 Å². The van der Waals surface area contributed by atoms with Crippen molar-refractivity contribution in [3.63, 3.8) is 0 Å². The van der Waals surface area contributed by atoms with E-state index in [0.717, 1.165) is 28.7 Å². The van der Waals surface area contributed by atoms with Crippen LogP contribution in [0.4, 0.5) is 5.69 Å². The summed E-state index contributed by atoms with van der Waals surface area (Å²) in [4.78, 5) is 26.0. The summed E-state index contributed by atoms with van der Waals surface area (Å²) in [6, 6.07) is 14.9. The average molecular weight is 387 g/mol. The van der Waals surface area contributed by atoms with Crippen LogP contribution >= 0.6 is 15.9 Å². The van der Waals surface area contributed by atoms with E-state index in [1.54, 1.807) is 17.0 Å². The van der Waals surface area contributed by atoms with Crippen molar-refractivity contribution < 1.29 is 9.59 Å². The Morgan fingerprint density at radius 1 is 1.17 bits per heavy atom. The Morgan fingerprint density at radius 3 is 2.50 bits per heavy atom. The highest BCUT2D eigenvalue weighted by Crippen LogP contribution is 2.24. The van der Waals surface area contributed by atoms with Gasteiger partial charge in [0.25, 0.3) is 5.91 Å². The molecule has 3 rings (SSSR count). The van der Waals surface area contributed by atoms with Gasteiger partial charge in [0, 0.05) is 28.7 Å². The zero-order valence-electron chi connectivity index (χ0n) is 13.5. The fourth-order valence-corrected chi connectivity index (χ4v) is 3.53. The summed E-state index contributed by atoms with van der Waals surface area (Å²) in [5, 5.41) is 3.00. The summed E-state index contributed by atoms with van der Waals surface area (Å²) >= 11 is 3.51. The molecule has 1 fully saturated rings. The molecule has 24 heavy (non-hydrogen) atoms. The topological polar surface area (TPSA) is 49.4 Å². The Labute approximate surface area is 150 Å². The van der Waals surface area contributed by atoms with E-state index in [4.69, 9.17) is 0 Å². The summed E-state index contributed by atoms with van der Waals surface area (Å²) in [6.07, 6.45) is 1.50. The van der Waals surface area contributed by atoms with Gasteiger partial charge in [0.05, 0.1) is 6.04 Å². The standard InChI is InChI=1S/C19H19BrN2O2/c1-13(16-5-2-3-6-17(16)20)21-19(24)14-8-10-15(11-9-14)22-12-4-7-18(22)23/h2-3,5-6,8-11,13H,4,7,12H2,1H3,(H,21,24)/t13-/m1/s1. The second kappa shape index (κ2) is 7.18. The lowest BCUT2D eigenvalue weighted by Gasteiger charge is -2.17. The maximum Gasteiger partial charge on any atom is 0.251 e. The first-order valence-corrected chi connectivity index (χ1v) is 8.81. The Morgan fingerprint density at radius 2 is 1.88 bits per heavy atom. The number of rotatable bonds is 4. The zero-order chi connectivity index (χ0) is 17.1. The fraction of sp³-hybridized carbons (Fsp3) is 0.263. The molecule has 0 radical (unpaired) electrons. The number of halogens is 1. The Balaban J connectivity index is 1.69. The molecule has 1 N–H and O–H groups in total. The van der Waals surface area contributed by atoms with Crippen LogP contribution in [0.25, 0.3) is 0 Å². The molecule has 0 aromatic heterocycles. The number of carbonyl (C=O) groups excluding carboxylic acids is 2. The minimum atomic E-state index is -0.127. The molecule has 5 heteroatoms. The fourth-order valence-electron chi connectivity index (χ4n) is 2.90. The van der Waals surface area contributed by atoms with E-state index in [-0.39, 0.29) is 17.9 Å². The lowest BCUT2D eigenvalue weighted by Crippen LogP contribution is -2.27. The third-order valence-corrected chi connectivity index (χ3v) is 4.96. The van der Waals surface area contributed by atoms with Gasteiger partial charge >= 0.3 is 0 Å². The van der Waals surface area contributed by atoms with E-state index >= 15 is 0 Å². The first kappa shape index (κ1) is 16.7. The predicted octanol–water partition coefficient (Wildman–Crippen LogP) is 4.07. The minimum Gasteiger partial charge on any atom is -0.345 e. The van der Waals surface area contributed by atoms with Crippen LogP contribution in [-0.2, 0) is 4.79 Å². The Kier molecular flexibility index (Phi) is 5.00. The maximum atomic E-state index is 12.4. The molecule has 0 aliphatic carbocycles. The van der Waals surface area contributed by atoms with E-state index in [1.165, 1.54) is 0 Å². The smallest absolute Gasteiger partial charge is 0.251 e. The van der Waals surface area contributed by atoms with Crippen molar-refractivity contribution in [3.8, 4) is 0 Å². The van der Waals surface area contributed by atoms with Crippen LogP contribution in [0, 0.1) is 0 Å². The Hall–Kier alpha value is -2.14. The Bertz CT molecular complexity index is 758. The van der Waals surface area contributed by atoms with Gasteiger partial charge in [-0.15, -0.1) is 0 Å². The third kappa shape index (κ3) is 3.51. The van der Waals surface area contributed by atoms with E-state index < -0.39 is 0 Å². The predicted molar refractivity (Wildman–Crippen MR) is 98.1 cm³/mol. The third-order valence-electron chi connectivity index (χ3n) is 4.23. The lowest BCUT2D eigenvalue weighted by atomic mass is 10.1. The summed E-state index contributed by atoms with van der Waals surface area (Å²) in [5.41, 5.74) is 2.47. The molecule has 0 bridgehead atoms. The molecule has 1 saturated heterocycles. The number of nitrogens with one attached hydrogen (secondary N) is 1. The van der Waals surface area contributed by atoms with E-state index in [1.807, 2.05) is 43.3 Å². The van der Waals surface area contributed by atoms with Gasteiger partial charge < -0.3 is 10.2 Å². The summed E-state index contributed by atoms with van der Waals surface area (Å²) < 4.78 is 0.973. The molecule has 1 aliphatic heterocycles. The number of hydrogen-bond acceptors (Lipinski definition) is 2. The molecule has 1 heterocycles. The van der Waals surface area contributed by atoms with Gasteiger partial charge in [0.15, 0.2) is 0 Å². The SMILES string of the molecule is C[C@@H](NC(=O)c1ccc(N2CCCC2=O)cc1)c1ccccc1Br. The molecule has 4 nitrogen and oxygen atoms in total. The maximum absolute atomic E-state index is 12.4. The molecule has 0 unspecified atom stereocenters. The van der Waals surface area contributed by atoms with Crippen LogP contribution in [0.3, 0.4) is 0 Å². The molecule has 2 aromatic rings. The van der Waals surface area contributed by atoms with Crippen LogP contribution in [-0.4, -0.2) is 18.4 Å². The highest BCUT2D eigenvalue weighted by Gasteiger charge is 2.22. The van der Waals surface area contributed by atoms with Crippen molar-refractivity contribution in [3.05, 3.63) is 64.1 Å². The largest absolute Gasteiger partial charge is 0.345 e. The van der Waals surface area contributed by atoms with E-state index in [2.05, 4.69) is 21.2 Å². The molecule has 0 spiro atoms. The number of carbonyl (C=O) groups is 2. The number of nitrogens with zero attached hydrogens (tertiary/aromatic N) is 1. The lowest BCUT2D eigenvalue weighted by molar-refractivity contribution is -0.117. The monoisotopic (exact) mass is 386 g/mol. The summed E-state index contributed by atoms with van der Waals surface area (Å²) in [6.45, 7) is 2.71. The zero-order valence-corrected chi connectivity index (χ0v) is 15.0. The highest BCUT2D eigenvalue weighted by molar-refractivity contribution is 9.10. The van der Waals surface area contributed by atoms with Crippen molar-refractivity contribution >= 4 is 33.4 Å². The van der Waals surface area contributed by atoms with Gasteiger partial charge in [-0.1, -0.05) is 34.1 Å². The average Bonchev–Trinajstić information content (AvgIpc) is 3.01. The van der Waals surface area contributed by atoms with Crippen molar-refractivity contribution in [2.24, 2.45) is 0 Å². The highest BCUT2D eigenvalue weighted by atomic mass is 79.9. The quantitative estimate of drug-likeness (QED) is 0.860. The summed E-state index contributed by atoms with van der Waals surface area (Å²) in [7, 11) is 0. The van der Waals surface area contributed by atoms with Crippen molar-refractivity contribution in [1.82, 2.24) is 5.32 Å². The number of anilines is 1. The van der Waals surface area contributed by atoms with Crippen LogP contribution in [0.15, 0.2) is 53.0 Å². The van der Waals surface area contributed by atoms with E-state index in [9.17, 15) is 9.59 Å². The molecular weight excluding hydrogens is 368 g/mol. The molecule has 124 valence electrons. The van der Waals surface area contributed by atoms with E-state index in [0.29, 0.717) is 12.0 Å². The van der Waals surface area contributed by atoms with Gasteiger partial charge in [-0.25, -0.2) is 0 Å². The second-order valence-electron chi connectivity index (χ2n) is 5.91. The van der Waals surface area contributed by atoms with Crippen LogP contribution in [0.5, 0.6) is 0 Å². The molecule has 2 amide bonds. The van der Waals surface area contributed by atoms with Crippen molar-refractivity contribution in [1.29, 1.82) is 0 Å². The van der Waals surface area contributed by atoms with Crippen LogP contribution in [0.2, 0.25) is 0 Å². The number of amides is 2. The van der Waals surface area contributed by atoms with Crippen LogP contribution in [0.1, 0.15) is 41.7 Å². The van der Waals surface area contributed by atoms with Crippen molar-refractivity contribution in [2.45, 2.75) is 25.8 Å². The molecular formula is C19H19BrN2O2. The molecule has 0 saturated carbocycles. The van der Waals surface area contributed by atoms with Crippen molar-refractivity contribution in [2.75, 3.05) is 11.4 Å². The summed E-state index contributed by atoms with van der Waals surface area (Å²) in [5.74, 6) is 0.0207. The molecule has 2 aromatic carbocycles. The number of benzene rings is 2. The molecule has 1 atom stereocenters. The second-order valence-corrected chi connectivity index (χ2v) is 6.77. The molecule has 1 aliphatic rings.